The third kappa shape index (κ3) is 3.74. The fourth-order valence-corrected chi connectivity index (χ4v) is 2.99. The maximum absolute atomic E-state index is 12.3. The summed E-state index contributed by atoms with van der Waals surface area (Å²) in [6.45, 7) is 2.54. The number of anilines is 1. The van der Waals surface area contributed by atoms with Crippen LogP contribution < -0.4 is 10.6 Å². The molecule has 5 nitrogen and oxygen atoms in total. The molecule has 1 aliphatic heterocycles. The number of amides is 3. The molecule has 0 spiro atoms. The summed E-state index contributed by atoms with van der Waals surface area (Å²) in [5, 5.41) is 5.66. The van der Waals surface area contributed by atoms with Gasteiger partial charge in [0.1, 0.15) is 0 Å². The zero-order valence-corrected chi connectivity index (χ0v) is 13.6. The lowest BCUT2D eigenvalue weighted by Crippen LogP contribution is -2.40. The van der Waals surface area contributed by atoms with E-state index >= 15 is 0 Å². The Morgan fingerprint density at radius 3 is 2.38 bits per heavy atom. The largest absolute Gasteiger partial charge is 0.334 e. The Hall–Kier alpha value is -2.82. The van der Waals surface area contributed by atoms with Crippen molar-refractivity contribution in [3.8, 4) is 0 Å². The predicted molar refractivity (Wildman–Crippen MR) is 93.6 cm³/mol. The summed E-state index contributed by atoms with van der Waals surface area (Å²) in [5.41, 5.74) is 1.83. The zero-order valence-electron chi connectivity index (χ0n) is 13.6. The highest BCUT2D eigenvalue weighted by Gasteiger charge is 2.33. The van der Waals surface area contributed by atoms with Crippen LogP contribution in [-0.2, 0) is 4.79 Å². The number of nitrogens with one attached hydrogen (secondary N) is 2. The highest BCUT2D eigenvalue weighted by molar-refractivity contribution is 5.90. The first-order valence-corrected chi connectivity index (χ1v) is 8.10. The Labute approximate surface area is 141 Å². The summed E-state index contributed by atoms with van der Waals surface area (Å²) in [7, 11) is 0. The lowest BCUT2D eigenvalue weighted by atomic mass is 10.1. The monoisotopic (exact) mass is 323 g/mol. The van der Waals surface area contributed by atoms with Crippen LogP contribution in [-0.4, -0.2) is 29.4 Å². The molecule has 0 saturated carbocycles. The summed E-state index contributed by atoms with van der Waals surface area (Å²) in [6.07, 6.45) is 0.333. The molecular weight excluding hydrogens is 302 g/mol. The summed E-state index contributed by atoms with van der Waals surface area (Å²) >= 11 is 0. The molecule has 0 aliphatic carbocycles. The molecule has 1 fully saturated rings. The van der Waals surface area contributed by atoms with Crippen molar-refractivity contribution in [1.82, 2.24) is 10.2 Å². The van der Waals surface area contributed by atoms with E-state index in [9.17, 15) is 9.59 Å². The second-order valence-corrected chi connectivity index (χ2v) is 6.00. The van der Waals surface area contributed by atoms with E-state index in [0.717, 1.165) is 11.3 Å². The molecule has 1 saturated heterocycles. The molecule has 124 valence electrons. The standard InChI is InChI=1S/C19H21N3O2/c1-14(15-8-4-2-5-9-15)22-13-17(12-18(22)23)21-19(24)20-16-10-6-3-7-11-16/h2-11,14,17H,12-13H2,1H3,(H2,20,21,24). The summed E-state index contributed by atoms with van der Waals surface area (Å²) < 4.78 is 0. The Balaban J connectivity index is 1.57. The molecule has 0 aromatic heterocycles. The number of rotatable bonds is 4. The summed E-state index contributed by atoms with van der Waals surface area (Å²) in [6, 6.07) is 18.7. The topological polar surface area (TPSA) is 61.4 Å². The number of likely N-dealkylation sites (tertiary alicyclic amines) is 1. The van der Waals surface area contributed by atoms with Crippen LogP contribution in [0.5, 0.6) is 0 Å². The second kappa shape index (κ2) is 7.17. The quantitative estimate of drug-likeness (QED) is 0.908. The van der Waals surface area contributed by atoms with Crippen molar-refractivity contribution in [2.75, 3.05) is 11.9 Å². The molecule has 2 N–H and O–H groups in total. The van der Waals surface area contributed by atoms with Crippen LogP contribution in [0.2, 0.25) is 0 Å². The number of hydrogen-bond donors (Lipinski definition) is 2. The molecule has 0 radical (unpaired) electrons. The minimum Gasteiger partial charge on any atom is -0.334 e. The van der Waals surface area contributed by atoms with Crippen molar-refractivity contribution in [2.45, 2.75) is 25.4 Å². The van der Waals surface area contributed by atoms with Crippen molar-refractivity contribution in [3.05, 3.63) is 66.2 Å². The third-order valence-electron chi connectivity index (χ3n) is 4.27. The number of carbonyl (C=O) groups is 2. The Bertz CT molecular complexity index is 703. The molecule has 1 aliphatic rings. The lowest BCUT2D eigenvalue weighted by Gasteiger charge is -2.25. The van der Waals surface area contributed by atoms with Crippen molar-refractivity contribution in [3.63, 3.8) is 0 Å². The van der Waals surface area contributed by atoms with Gasteiger partial charge in [-0.2, -0.15) is 0 Å². The van der Waals surface area contributed by atoms with E-state index < -0.39 is 0 Å². The number of para-hydroxylation sites is 1. The van der Waals surface area contributed by atoms with Gasteiger partial charge in [-0.1, -0.05) is 48.5 Å². The molecule has 2 atom stereocenters. The minimum atomic E-state index is -0.284. The van der Waals surface area contributed by atoms with E-state index in [1.54, 1.807) is 0 Å². The van der Waals surface area contributed by atoms with Crippen LogP contribution in [0.15, 0.2) is 60.7 Å². The summed E-state index contributed by atoms with van der Waals surface area (Å²) in [5.74, 6) is 0.0661. The van der Waals surface area contributed by atoms with Gasteiger partial charge in [-0.05, 0) is 24.6 Å². The van der Waals surface area contributed by atoms with E-state index in [0.29, 0.717) is 13.0 Å². The fraction of sp³-hybridized carbons (Fsp3) is 0.263. The summed E-state index contributed by atoms with van der Waals surface area (Å²) in [4.78, 5) is 26.2. The van der Waals surface area contributed by atoms with Gasteiger partial charge in [0.05, 0.1) is 12.1 Å². The van der Waals surface area contributed by atoms with Crippen LogP contribution >= 0.6 is 0 Å². The normalized spacial score (nSPS) is 18.3. The van der Waals surface area contributed by atoms with Gasteiger partial charge in [0.25, 0.3) is 0 Å². The predicted octanol–water partition coefficient (Wildman–Crippen LogP) is 3.17. The third-order valence-corrected chi connectivity index (χ3v) is 4.27. The van der Waals surface area contributed by atoms with E-state index in [2.05, 4.69) is 10.6 Å². The van der Waals surface area contributed by atoms with Gasteiger partial charge >= 0.3 is 6.03 Å². The van der Waals surface area contributed by atoms with Crippen LogP contribution in [0.3, 0.4) is 0 Å². The first kappa shape index (κ1) is 16.1. The van der Waals surface area contributed by atoms with Crippen LogP contribution in [0, 0.1) is 0 Å². The Kier molecular flexibility index (Phi) is 4.79. The van der Waals surface area contributed by atoms with Crippen molar-refractivity contribution >= 4 is 17.6 Å². The van der Waals surface area contributed by atoms with E-state index in [1.165, 1.54) is 0 Å². The highest BCUT2D eigenvalue weighted by atomic mass is 16.2. The fourth-order valence-electron chi connectivity index (χ4n) is 2.99. The lowest BCUT2D eigenvalue weighted by molar-refractivity contribution is -0.129. The van der Waals surface area contributed by atoms with Gasteiger partial charge in [0.2, 0.25) is 5.91 Å². The van der Waals surface area contributed by atoms with E-state index in [1.807, 2.05) is 72.5 Å². The average Bonchev–Trinajstić information content (AvgIpc) is 2.96. The first-order chi connectivity index (χ1) is 11.6. The SMILES string of the molecule is CC(c1ccccc1)N1CC(NC(=O)Nc2ccccc2)CC1=O. The van der Waals surface area contributed by atoms with Crippen molar-refractivity contribution < 1.29 is 9.59 Å². The van der Waals surface area contributed by atoms with Crippen molar-refractivity contribution in [2.24, 2.45) is 0 Å². The van der Waals surface area contributed by atoms with Crippen molar-refractivity contribution in [1.29, 1.82) is 0 Å². The minimum absolute atomic E-state index is 0.00249. The van der Waals surface area contributed by atoms with Crippen LogP contribution in [0.4, 0.5) is 10.5 Å². The molecule has 3 rings (SSSR count). The van der Waals surface area contributed by atoms with Gasteiger partial charge in [-0.25, -0.2) is 4.79 Å². The first-order valence-electron chi connectivity index (χ1n) is 8.10. The second-order valence-electron chi connectivity index (χ2n) is 6.00. The maximum atomic E-state index is 12.3. The average molecular weight is 323 g/mol. The van der Waals surface area contributed by atoms with Gasteiger partial charge in [0.15, 0.2) is 0 Å². The number of hydrogen-bond acceptors (Lipinski definition) is 2. The van der Waals surface area contributed by atoms with E-state index in [4.69, 9.17) is 0 Å². The molecule has 2 unspecified atom stereocenters. The van der Waals surface area contributed by atoms with Crippen LogP contribution in [0.1, 0.15) is 24.9 Å². The molecule has 2 aromatic carbocycles. The van der Waals surface area contributed by atoms with Gasteiger partial charge < -0.3 is 15.5 Å². The molecule has 3 amide bonds. The smallest absolute Gasteiger partial charge is 0.319 e. The molecular formula is C19H21N3O2. The van der Waals surface area contributed by atoms with Crippen LogP contribution in [0.25, 0.3) is 0 Å². The van der Waals surface area contributed by atoms with E-state index in [-0.39, 0.29) is 24.0 Å². The Morgan fingerprint density at radius 2 is 1.71 bits per heavy atom. The van der Waals surface area contributed by atoms with Gasteiger partial charge in [-0.3, -0.25) is 4.79 Å². The molecule has 24 heavy (non-hydrogen) atoms. The number of urea groups is 1. The molecule has 1 heterocycles. The molecule has 0 bridgehead atoms. The number of nitrogens with zero attached hydrogens (tertiary/aromatic N) is 1. The molecule has 2 aromatic rings. The van der Waals surface area contributed by atoms with Gasteiger partial charge in [-0.15, -0.1) is 0 Å². The molecule has 5 heteroatoms. The highest BCUT2D eigenvalue weighted by Crippen LogP contribution is 2.25. The van der Waals surface area contributed by atoms with Gasteiger partial charge in [0, 0.05) is 18.7 Å². The maximum Gasteiger partial charge on any atom is 0.319 e. The Morgan fingerprint density at radius 1 is 1.08 bits per heavy atom. The zero-order chi connectivity index (χ0) is 16.9. The number of benzene rings is 2. The number of carbonyl (C=O) groups excluding carboxylic acids is 2.